The molecule has 4 nitrogen and oxygen atoms in total. The van der Waals surface area contributed by atoms with Crippen molar-refractivity contribution < 1.29 is 14.6 Å². The molecule has 1 aromatic heterocycles. The lowest BCUT2D eigenvalue weighted by atomic mass is 10.0. The van der Waals surface area contributed by atoms with Crippen LogP contribution in [-0.2, 0) is 17.6 Å². The van der Waals surface area contributed by atoms with E-state index >= 15 is 0 Å². The monoisotopic (exact) mass is 313 g/mol. The molecule has 120 valence electrons. The summed E-state index contributed by atoms with van der Waals surface area (Å²) in [6.07, 6.45) is 3.55. The Morgan fingerprint density at radius 2 is 2.19 bits per heavy atom. The maximum absolute atomic E-state index is 12.2. The van der Waals surface area contributed by atoms with Crippen LogP contribution in [0.5, 0.6) is 0 Å². The Balaban J connectivity index is 2.63. The number of rotatable bonds is 9. The van der Waals surface area contributed by atoms with Crippen molar-refractivity contribution >= 4 is 17.2 Å². The molecule has 0 aliphatic heterocycles. The number of nitrogens with one attached hydrogen (secondary N) is 1. The van der Waals surface area contributed by atoms with E-state index < -0.39 is 5.60 Å². The second-order valence-corrected chi connectivity index (χ2v) is 6.72. The number of amides is 1. The maximum Gasteiger partial charge on any atom is 0.261 e. The van der Waals surface area contributed by atoms with Gasteiger partial charge >= 0.3 is 0 Å². The minimum Gasteiger partial charge on any atom is -0.388 e. The molecule has 0 fully saturated rings. The van der Waals surface area contributed by atoms with Crippen LogP contribution in [0, 0.1) is 0 Å². The summed E-state index contributed by atoms with van der Waals surface area (Å²) >= 11 is 1.57. The molecule has 0 aromatic carbocycles. The highest BCUT2D eigenvalue weighted by Gasteiger charge is 2.22. The Kier molecular flexibility index (Phi) is 7.35. The van der Waals surface area contributed by atoms with E-state index in [1.54, 1.807) is 25.4 Å². The van der Waals surface area contributed by atoms with Gasteiger partial charge in [0.05, 0.1) is 10.5 Å². The molecule has 0 radical (unpaired) electrons. The average molecular weight is 313 g/mol. The summed E-state index contributed by atoms with van der Waals surface area (Å²) in [5, 5.41) is 13.0. The molecule has 0 aliphatic carbocycles. The Bertz CT molecular complexity index is 454. The summed E-state index contributed by atoms with van der Waals surface area (Å²) in [5.41, 5.74) is 0.320. The fourth-order valence-electron chi connectivity index (χ4n) is 2.08. The van der Waals surface area contributed by atoms with Crippen molar-refractivity contribution in [3.63, 3.8) is 0 Å². The Hall–Kier alpha value is -0.910. The van der Waals surface area contributed by atoms with Crippen LogP contribution in [0.2, 0.25) is 0 Å². The Morgan fingerprint density at radius 3 is 2.76 bits per heavy atom. The van der Waals surface area contributed by atoms with E-state index in [0.717, 1.165) is 24.1 Å². The normalized spacial score (nSPS) is 14.0. The Morgan fingerprint density at radius 1 is 1.48 bits per heavy atom. The van der Waals surface area contributed by atoms with Crippen LogP contribution < -0.4 is 5.32 Å². The van der Waals surface area contributed by atoms with Crippen LogP contribution in [-0.4, -0.2) is 36.9 Å². The lowest BCUT2D eigenvalue weighted by Gasteiger charge is -2.22. The maximum atomic E-state index is 12.2. The first-order valence-corrected chi connectivity index (χ1v) is 8.36. The number of hydrogen-bond donors (Lipinski definition) is 2. The molecule has 0 spiro atoms. The van der Waals surface area contributed by atoms with Crippen molar-refractivity contribution in [2.45, 2.75) is 52.1 Å². The third-order valence-electron chi connectivity index (χ3n) is 3.45. The molecule has 2 N–H and O–H groups in total. The van der Waals surface area contributed by atoms with Crippen molar-refractivity contribution in [2.75, 3.05) is 20.3 Å². The minimum absolute atomic E-state index is 0.102. The summed E-state index contributed by atoms with van der Waals surface area (Å²) in [7, 11) is 1.60. The van der Waals surface area contributed by atoms with Gasteiger partial charge in [-0.15, -0.1) is 11.3 Å². The number of aryl methyl sites for hydroxylation is 2. The molecule has 1 amide bonds. The molecule has 0 saturated heterocycles. The van der Waals surface area contributed by atoms with Gasteiger partial charge in [0.25, 0.3) is 5.91 Å². The smallest absolute Gasteiger partial charge is 0.261 e. The molecule has 1 unspecified atom stereocenters. The predicted octanol–water partition coefficient (Wildman–Crippen LogP) is 2.78. The first-order chi connectivity index (χ1) is 9.93. The number of thiophene rings is 1. The van der Waals surface area contributed by atoms with Gasteiger partial charge in [-0.2, -0.15) is 0 Å². The molecule has 1 heterocycles. The van der Waals surface area contributed by atoms with E-state index in [4.69, 9.17) is 4.74 Å². The molecule has 21 heavy (non-hydrogen) atoms. The third kappa shape index (κ3) is 5.77. The van der Waals surface area contributed by atoms with Crippen LogP contribution in [0.4, 0.5) is 0 Å². The van der Waals surface area contributed by atoms with E-state index in [0.29, 0.717) is 13.0 Å². The van der Waals surface area contributed by atoms with E-state index in [2.05, 4.69) is 19.2 Å². The van der Waals surface area contributed by atoms with Crippen molar-refractivity contribution in [2.24, 2.45) is 0 Å². The highest BCUT2D eigenvalue weighted by atomic mass is 32.1. The third-order valence-corrected chi connectivity index (χ3v) is 4.69. The number of aliphatic hydroxyl groups is 1. The van der Waals surface area contributed by atoms with Crippen LogP contribution in [0.1, 0.15) is 53.7 Å². The second kappa shape index (κ2) is 8.51. The summed E-state index contributed by atoms with van der Waals surface area (Å²) in [4.78, 5) is 14.2. The first kappa shape index (κ1) is 18.1. The zero-order valence-electron chi connectivity index (χ0n) is 13.5. The predicted molar refractivity (Wildman–Crippen MR) is 87.1 cm³/mol. The second-order valence-electron chi connectivity index (χ2n) is 5.59. The molecule has 1 rings (SSSR count). The van der Waals surface area contributed by atoms with Crippen LogP contribution in [0.25, 0.3) is 0 Å². The highest BCUT2D eigenvalue weighted by Crippen LogP contribution is 2.24. The van der Waals surface area contributed by atoms with E-state index in [9.17, 15) is 9.90 Å². The molecule has 5 heteroatoms. The number of carbonyl (C=O) groups excluding carboxylic acids is 1. The number of ether oxygens (including phenoxy) is 1. The molecule has 1 aromatic rings. The van der Waals surface area contributed by atoms with Crippen molar-refractivity contribution in [1.29, 1.82) is 0 Å². The van der Waals surface area contributed by atoms with Gasteiger partial charge in [0.2, 0.25) is 0 Å². The van der Waals surface area contributed by atoms with Gasteiger partial charge < -0.3 is 15.2 Å². The van der Waals surface area contributed by atoms with Crippen molar-refractivity contribution in [1.82, 2.24) is 5.32 Å². The molecule has 0 saturated carbocycles. The zero-order chi connectivity index (χ0) is 15.9. The SMILES string of the molecule is CCCc1sc(C(=O)NCC(C)(O)CCOC)cc1CC. The lowest BCUT2D eigenvalue weighted by molar-refractivity contribution is 0.0244. The van der Waals surface area contributed by atoms with Gasteiger partial charge in [-0.1, -0.05) is 20.3 Å². The van der Waals surface area contributed by atoms with Crippen LogP contribution in [0.15, 0.2) is 6.07 Å². The zero-order valence-corrected chi connectivity index (χ0v) is 14.3. The quantitative estimate of drug-likeness (QED) is 0.737. The molecule has 0 aliphatic rings. The van der Waals surface area contributed by atoms with Gasteiger partial charge in [-0.05, 0) is 31.4 Å². The number of methoxy groups -OCH3 is 1. The van der Waals surface area contributed by atoms with Crippen molar-refractivity contribution in [3.05, 3.63) is 21.4 Å². The number of carbonyl (C=O) groups is 1. The molecular weight excluding hydrogens is 286 g/mol. The van der Waals surface area contributed by atoms with Gasteiger partial charge in [0, 0.05) is 31.6 Å². The van der Waals surface area contributed by atoms with E-state index in [1.807, 2.05) is 6.07 Å². The van der Waals surface area contributed by atoms with E-state index in [-0.39, 0.29) is 12.5 Å². The largest absolute Gasteiger partial charge is 0.388 e. The topological polar surface area (TPSA) is 58.6 Å². The minimum atomic E-state index is -0.942. The summed E-state index contributed by atoms with van der Waals surface area (Å²) in [6, 6.07) is 1.98. The average Bonchev–Trinajstić information content (AvgIpc) is 2.86. The van der Waals surface area contributed by atoms with Gasteiger partial charge in [0.15, 0.2) is 0 Å². The standard InChI is InChI=1S/C16H27NO3S/c1-5-7-13-12(6-2)10-14(21-13)15(18)17-11-16(3,19)8-9-20-4/h10,19H,5-9,11H2,1-4H3,(H,17,18). The first-order valence-electron chi connectivity index (χ1n) is 7.54. The molecular formula is C16H27NO3S. The fraction of sp³-hybridized carbons (Fsp3) is 0.688. The number of hydrogen-bond acceptors (Lipinski definition) is 4. The van der Waals surface area contributed by atoms with Gasteiger partial charge in [0.1, 0.15) is 0 Å². The molecule has 1 atom stereocenters. The van der Waals surface area contributed by atoms with E-state index in [1.165, 1.54) is 10.4 Å². The highest BCUT2D eigenvalue weighted by molar-refractivity contribution is 7.14. The molecule has 0 bridgehead atoms. The fourth-order valence-corrected chi connectivity index (χ4v) is 3.36. The lowest BCUT2D eigenvalue weighted by Crippen LogP contribution is -2.41. The van der Waals surface area contributed by atoms with Crippen LogP contribution in [0.3, 0.4) is 0 Å². The van der Waals surface area contributed by atoms with Gasteiger partial charge in [-0.25, -0.2) is 0 Å². The van der Waals surface area contributed by atoms with Crippen molar-refractivity contribution in [3.8, 4) is 0 Å². The summed E-state index contributed by atoms with van der Waals surface area (Å²) in [5.74, 6) is -0.102. The summed E-state index contributed by atoms with van der Waals surface area (Å²) < 4.78 is 4.96. The van der Waals surface area contributed by atoms with Crippen LogP contribution >= 0.6 is 11.3 Å². The Labute approximate surface area is 131 Å². The summed E-state index contributed by atoms with van der Waals surface area (Å²) in [6.45, 7) is 6.67. The van der Waals surface area contributed by atoms with Gasteiger partial charge in [-0.3, -0.25) is 4.79 Å².